The molecule has 2 heterocycles. The van der Waals surface area contributed by atoms with Crippen molar-refractivity contribution >= 4 is 17.7 Å². The summed E-state index contributed by atoms with van der Waals surface area (Å²) < 4.78 is 11.0. The maximum atomic E-state index is 12.2. The predicted molar refractivity (Wildman–Crippen MR) is 103 cm³/mol. The number of aromatic nitrogens is 1. The number of hydrogen-bond donors (Lipinski definition) is 2. The van der Waals surface area contributed by atoms with Gasteiger partial charge in [-0.15, -0.1) is 11.8 Å². The van der Waals surface area contributed by atoms with Gasteiger partial charge in [0.1, 0.15) is 17.0 Å². The van der Waals surface area contributed by atoms with E-state index in [4.69, 9.17) is 9.15 Å². The number of carbonyl (C=O) groups is 1. The Bertz CT molecular complexity index is 760. The van der Waals surface area contributed by atoms with E-state index in [-0.39, 0.29) is 23.4 Å². The van der Waals surface area contributed by atoms with Crippen LogP contribution in [-0.2, 0) is 10.5 Å². The van der Waals surface area contributed by atoms with Gasteiger partial charge in [-0.05, 0) is 44.5 Å². The molecule has 2 N–H and O–H groups in total. The van der Waals surface area contributed by atoms with Gasteiger partial charge in [0.15, 0.2) is 0 Å². The third-order valence-corrected chi connectivity index (χ3v) is 5.71. The molecule has 1 aromatic heterocycles. The lowest BCUT2D eigenvalue weighted by Gasteiger charge is -2.34. The van der Waals surface area contributed by atoms with Gasteiger partial charge in [-0.25, -0.2) is 4.98 Å². The Morgan fingerprint density at radius 1 is 1.31 bits per heavy atom. The molecule has 0 saturated carbocycles. The van der Waals surface area contributed by atoms with E-state index in [9.17, 15) is 4.79 Å². The summed E-state index contributed by atoms with van der Waals surface area (Å²) in [6, 6.07) is 7.79. The van der Waals surface area contributed by atoms with Crippen LogP contribution in [0.5, 0.6) is 5.75 Å². The first-order chi connectivity index (χ1) is 12.5. The number of aryl methyl sites for hydroxylation is 1. The number of carbonyl (C=O) groups excluding carboxylic acids is 1. The van der Waals surface area contributed by atoms with Crippen LogP contribution in [0, 0.1) is 12.8 Å². The van der Waals surface area contributed by atoms with Crippen molar-refractivity contribution in [3.05, 3.63) is 35.7 Å². The van der Waals surface area contributed by atoms with Crippen LogP contribution in [0.25, 0.3) is 11.5 Å². The summed E-state index contributed by atoms with van der Waals surface area (Å²) in [6.07, 6.45) is 0.838. The molecular formula is C19H25N3O3S. The molecule has 1 fully saturated rings. The monoisotopic (exact) mass is 375 g/mol. The number of thioether (sulfide) groups is 1. The van der Waals surface area contributed by atoms with Gasteiger partial charge >= 0.3 is 0 Å². The topological polar surface area (TPSA) is 76.4 Å². The molecule has 7 heteroatoms. The summed E-state index contributed by atoms with van der Waals surface area (Å²) in [5.41, 5.74) is 1.69. The zero-order valence-corrected chi connectivity index (χ0v) is 16.4. The molecule has 3 unspecified atom stereocenters. The van der Waals surface area contributed by atoms with Crippen molar-refractivity contribution < 1.29 is 13.9 Å². The van der Waals surface area contributed by atoms with Gasteiger partial charge in [0.25, 0.3) is 0 Å². The van der Waals surface area contributed by atoms with Crippen LogP contribution in [0.15, 0.2) is 28.7 Å². The van der Waals surface area contributed by atoms with E-state index >= 15 is 0 Å². The second-order valence-corrected chi connectivity index (χ2v) is 7.51. The molecule has 6 nitrogen and oxygen atoms in total. The molecule has 1 amide bonds. The molecule has 0 radical (unpaired) electrons. The number of ether oxygens (including phenoxy) is 1. The molecular weight excluding hydrogens is 350 g/mol. The quantitative estimate of drug-likeness (QED) is 0.807. The third-order valence-electron chi connectivity index (χ3n) is 4.68. The van der Waals surface area contributed by atoms with E-state index in [1.165, 1.54) is 0 Å². The van der Waals surface area contributed by atoms with E-state index in [2.05, 4.69) is 22.5 Å². The van der Waals surface area contributed by atoms with Crippen LogP contribution in [0.2, 0.25) is 0 Å². The van der Waals surface area contributed by atoms with E-state index in [1.807, 2.05) is 38.1 Å². The van der Waals surface area contributed by atoms with Crippen molar-refractivity contribution in [3.8, 4) is 17.2 Å². The first-order valence-electron chi connectivity index (χ1n) is 8.80. The average molecular weight is 375 g/mol. The van der Waals surface area contributed by atoms with Gasteiger partial charge in [-0.3, -0.25) is 10.1 Å². The highest BCUT2D eigenvalue weighted by molar-refractivity contribution is 7.99. The molecule has 3 rings (SSSR count). The molecule has 3 atom stereocenters. The second kappa shape index (κ2) is 8.14. The Hall–Kier alpha value is -1.99. The number of amides is 1. The normalized spacial score (nSPS) is 22.9. The Labute approximate surface area is 158 Å². The fourth-order valence-electron chi connectivity index (χ4n) is 3.07. The van der Waals surface area contributed by atoms with Crippen molar-refractivity contribution in [2.45, 2.75) is 44.5 Å². The minimum Gasteiger partial charge on any atom is -0.497 e. The second-order valence-electron chi connectivity index (χ2n) is 6.42. The van der Waals surface area contributed by atoms with E-state index in [1.54, 1.807) is 18.9 Å². The van der Waals surface area contributed by atoms with Crippen molar-refractivity contribution in [3.63, 3.8) is 0 Å². The third kappa shape index (κ3) is 4.04. The number of oxazole rings is 1. The minimum absolute atomic E-state index is 0.0299. The molecule has 140 valence electrons. The summed E-state index contributed by atoms with van der Waals surface area (Å²) in [6.45, 7) is 6.01. The van der Waals surface area contributed by atoms with Gasteiger partial charge in [0, 0.05) is 17.4 Å². The van der Waals surface area contributed by atoms with E-state index in [0.717, 1.165) is 29.2 Å². The van der Waals surface area contributed by atoms with Crippen molar-refractivity contribution in [1.82, 2.24) is 15.6 Å². The standard InChI is InChI=1S/C19H25N3O3S/c1-5-15-11(2)20-19(22-17(15)23)26-10-16-12(3)25-18(21-16)13-6-8-14(24-4)9-7-13/h6-9,11,15,19-20H,5,10H2,1-4H3,(H,22,23). The summed E-state index contributed by atoms with van der Waals surface area (Å²) >= 11 is 1.61. The summed E-state index contributed by atoms with van der Waals surface area (Å²) in [4.78, 5) is 16.8. The molecule has 1 saturated heterocycles. The van der Waals surface area contributed by atoms with Gasteiger partial charge in [0.2, 0.25) is 11.8 Å². The zero-order chi connectivity index (χ0) is 18.7. The lowest BCUT2D eigenvalue weighted by atomic mass is 9.96. The molecule has 0 spiro atoms. The van der Waals surface area contributed by atoms with E-state index < -0.39 is 0 Å². The van der Waals surface area contributed by atoms with Gasteiger partial charge in [0.05, 0.1) is 18.7 Å². The first-order valence-corrected chi connectivity index (χ1v) is 9.85. The molecule has 1 aliphatic rings. The Morgan fingerprint density at radius 3 is 2.65 bits per heavy atom. The number of nitrogens with zero attached hydrogens (tertiary/aromatic N) is 1. The molecule has 1 aliphatic heterocycles. The number of hydrogen-bond acceptors (Lipinski definition) is 6. The maximum absolute atomic E-state index is 12.2. The number of methoxy groups -OCH3 is 1. The number of nitrogens with one attached hydrogen (secondary N) is 2. The lowest BCUT2D eigenvalue weighted by molar-refractivity contribution is -0.128. The van der Waals surface area contributed by atoms with Crippen molar-refractivity contribution in [1.29, 1.82) is 0 Å². The van der Waals surface area contributed by atoms with Gasteiger partial charge in [-0.2, -0.15) is 0 Å². The van der Waals surface area contributed by atoms with Crippen LogP contribution < -0.4 is 15.4 Å². The first kappa shape index (κ1) is 18.8. The molecule has 0 bridgehead atoms. The van der Waals surface area contributed by atoms with Crippen LogP contribution in [0.4, 0.5) is 0 Å². The van der Waals surface area contributed by atoms with E-state index in [0.29, 0.717) is 11.6 Å². The highest BCUT2D eigenvalue weighted by atomic mass is 32.2. The molecule has 2 aromatic rings. The smallest absolute Gasteiger partial charge is 0.226 e. The number of benzene rings is 1. The lowest BCUT2D eigenvalue weighted by Crippen LogP contribution is -2.58. The maximum Gasteiger partial charge on any atom is 0.226 e. The van der Waals surface area contributed by atoms with Crippen molar-refractivity contribution in [2.75, 3.05) is 7.11 Å². The zero-order valence-electron chi connectivity index (χ0n) is 15.5. The Morgan fingerprint density at radius 2 is 2.04 bits per heavy atom. The Kier molecular flexibility index (Phi) is 5.88. The summed E-state index contributed by atoms with van der Waals surface area (Å²) in [5, 5.41) is 6.48. The fraction of sp³-hybridized carbons (Fsp3) is 0.474. The summed E-state index contributed by atoms with van der Waals surface area (Å²) in [5.74, 6) is 3.00. The fourth-order valence-corrected chi connectivity index (χ4v) is 4.17. The largest absolute Gasteiger partial charge is 0.497 e. The Balaban J connectivity index is 1.64. The predicted octanol–water partition coefficient (Wildman–Crippen LogP) is 3.31. The highest BCUT2D eigenvalue weighted by Crippen LogP contribution is 2.27. The molecule has 0 aliphatic carbocycles. The van der Waals surface area contributed by atoms with Gasteiger partial charge < -0.3 is 14.5 Å². The molecule has 26 heavy (non-hydrogen) atoms. The van der Waals surface area contributed by atoms with Gasteiger partial charge in [-0.1, -0.05) is 6.92 Å². The summed E-state index contributed by atoms with van der Waals surface area (Å²) in [7, 11) is 1.64. The van der Waals surface area contributed by atoms with Crippen LogP contribution >= 0.6 is 11.8 Å². The van der Waals surface area contributed by atoms with Crippen LogP contribution in [0.3, 0.4) is 0 Å². The van der Waals surface area contributed by atoms with Crippen LogP contribution in [0.1, 0.15) is 31.7 Å². The SMILES string of the molecule is CCC1C(=O)NC(SCc2nc(-c3ccc(OC)cc3)oc2C)NC1C. The average Bonchev–Trinajstić information content (AvgIpc) is 3.00. The minimum atomic E-state index is -0.110. The number of rotatable bonds is 6. The highest BCUT2D eigenvalue weighted by Gasteiger charge is 2.32. The molecule has 1 aromatic carbocycles. The van der Waals surface area contributed by atoms with Crippen LogP contribution in [-0.4, -0.2) is 29.5 Å². The van der Waals surface area contributed by atoms with Crippen molar-refractivity contribution in [2.24, 2.45) is 5.92 Å².